The number of allylic oxidation sites excluding steroid dienone is 1. The first-order valence-electron chi connectivity index (χ1n) is 8.03. The van der Waals surface area contributed by atoms with Gasteiger partial charge in [-0.3, -0.25) is 4.90 Å². The van der Waals surface area contributed by atoms with Crippen LogP contribution in [-0.2, 0) is 14.3 Å². The van der Waals surface area contributed by atoms with E-state index in [4.69, 9.17) is 9.47 Å². The van der Waals surface area contributed by atoms with Crippen LogP contribution < -0.4 is 0 Å². The van der Waals surface area contributed by atoms with Gasteiger partial charge in [-0.15, -0.1) is 0 Å². The molecule has 0 unspecified atom stereocenters. The lowest BCUT2D eigenvalue weighted by Gasteiger charge is -2.53. The average molecular weight is 313 g/mol. The van der Waals surface area contributed by atoms with E-state index in [9.17, 15) is 9.90 Å². The third-order valence-corrected chi connectivity index (χ3v) is 4.69. The van der Waals surface area contributed by atoms with Crippen molar-refractivity contribution in [3.8, 4) is 0 Å². The fourth-order valence-corrected chi connectivity index (χ4v) is 3.46. The molecule has 1 aliphatic rings. The van der Waals surface area contributed by atoms with Gasteiger partial charge in [0, 0.05) is 17.0 Å². The highest BCUT2D eigenvalue weighted by atomic mass is 16.5. The average Bonchev–Trinajstić information content (AvgIpc) is 2.39. The zero-order valence-corrected chi connectivity index (χ0v) is 15.0. The Balaban J connectivity index is 3.26. The van der Waals surface area contributed by atoms with Gasteiger partial charge in [-0.2, -0.15) is 0 Å². The summed E-state index contributed by atoms with van der Waals surface area (Å²) < 4.78 is 11.1. The van der Waals surface area contributed by atoms with Gasteiger partial charge in [-0.05, 0) is 61.4 Å². The zero-order chi connectivity index (χ0) is 17.1. The van der Waals surface area contributed by atoms with E-state index in [-0.39, 0.29) is 22.8 Å². The third-order valence-electron chi connectivity index (χ3n) is 4.69. The Morgan fingerprint density at radius 2 is 1.55 bits per heavy atom. The summed E-state index contributed by atoms with van der Waals surface area (Å²) in [5.41, 5.74) is -0.0742. The van der Waals surface area contributed by atoms with Crippen LogP contribution in [0.2, 0.25) is 0 Å². The maximum absolute atomic E-state index is 11.6. The zero-order valence-electron chi connectivity index (χ0n) is 15.0. The summed E-state index contributed by atoms with van der Waals surface area (Å²) in [5.74, 6) is -0.560. The second-order valence-electron chi connectivity index (χ2n) is 7.15. The molecule has 0 saturated carbocycles. The van der Waals surface area contributed by atoms with Crippen LogP contribution in [0.5, 0.6) is 0 Å². The first-order chi connectivity index (χ1) is 10.1. The lowest BCUT2D eigenvalue weighted by Crippen LogP contribution is -2.58. The minimum Gasteiger partial charge on any atom is -0.494 e. The molecule has 0 atom stereocenters. The summed E-state index contributed by atoms with van der Waals surface area (Å²) >= 11 is 0. The van der Waals surface area contributed by atoms with Crippen molar-refractivity contribution in [2.75, 3.05) is 20.3 Å². The molecule has 5 nitrogen and oxygen atoms in total. The standard InChI is InChI=1S/C17H31NO4/c1-8-21-13(14(15(19)20)22-9-2)12-10-16(3,4)18(7)17(5,6)11-12/h12H,8-11H2,1-7H3,(H,19,20). The van der Waals surface area contributed by atoms with Crippen molar-refractivity contribution in [2.45, 2.75) is 65.5 Å². The molecular formula is C17H31NO4. The van der Waals surface area contributed by atoms with Crippen LogP contribution in [-0.4, -0.2) is 47.3 Å². The van der Waals surface area contributed by atoms with Crippen LogP contribution in [0.25, 0.3) is 0 Å². The molecule has 1 rings (SSSR count). The predicted octanol–water partition coefficient (Wildman–Crippen LogP) is 3.25. The minimum absolute atomic E-state index is 0.0366. The molecule has 0 spiro atoms. The molecule has 0 bridgehead atoms. The molecule has 0 aromatic rings. The summed E-state index contributed by atoms with van der Waals surface area (Å²) in [7, 11) is 2.13. The largest absolute Gasteiger partial charge is 0.494 e. The fraction of sp³-hybridized carbons (Fsp3) is 0.824. The maximum atomic E-state index is 11.6. The number of rotatable bonds is 6. The monoisotopic (exact) mass is 313 g/mol. The maximum Gasteiger partial charge on any atom is 0.374 e. The molecule has 1 saturated heterocycles. The lowest BCUT2D eigenvalue weighted by molar-refractivity contribution is -0.137. The molecule has 0 radical (unpaired) electrons. The first-order valence-corrected chi connectivity index (χ1v) is 8.03. The van der Waals surface area contributed by atoms with Crippen molar-refractivity contribution in [3.05, 3.63) is 11.5 Å². The van der Waals surface area contributed by atoms with Gasteiger partial charge >= 0.3 is 5.97 Å². The number of hydrogen-bond donors (Lipinski definition) is 1. The predicted molar refractivity (Wildman–Crippen MR) is 86.6 cm³/mol. The topological polar surface area (TPSA) is 59.0 Å². The Hall–Kier alpha value is -1.23. The Morgan fingerprint density at radius 3 is 1.91 bits per heavy atom. The number of carboxylic acid groups (broad SMARTS) is 1. The summed E-state index contributed by atoms with van der Waals surface area (Å²) in [6.45, 7) is 13.2. The van der Waals surface area contributed by atoms with Crippen LogP contribution in [0.3, 0.4) is 0 Å². The normalized spacial score (nSPS) is 22.9. The second-order valence-corrected chi connectivity index (χ2v) is 7.15. The van der Waals surface area contributed by atoms with Crippen LogP contribution in [0.1, 0.15) is 54.4 Å². The number of carboxylic acids is 1. The van der Waals surface area contributed by atoms with Crippen molar-refractivity contribution in [1.82, 2.24) is 4.90 Å². The SMILES string of the molecule is CCOC(C(=O)O)=C(OCC)C1CC(C)(C)N(C)C(C)(C)C1. The Morgan fingerprint density at radius 1 is 1.09 bits per heavy atom. The molecule has 1 fully saturated rings. The molecule has 0 amide bonds. The molecule has 128 valence electrons. The van der Waals surface area contributed by atoms with Crippen LogP contribution >= 0.6 is 0 Å². The molecule has 1 heterocycles. The Bertz CT molecular complexity index is 422. The number of likely N-dealkylation sites (tertiary alicyclic amines) is 1. The number of nitrogens with zero attached hydrogens (tertiary/aromatic N) is 1. The van der Waals surface area contributed by atoms with Gasteiger partial charge in [0.05, 0.1) is 13.2 Å². The molecule has 0 aromatic heterocycles. The van der Waals surface area contributed by atoms with E-state index >= 15 is 0 Å². The fourth-order valence-electron chi connectivity index (χ4n) is 3.46. The minimum atomic E-state index is -1.06. The number of ether oxygens (including phenoxy) is 2. The molecule has 5 heteroatoms. The number of aliphatic carboxylic acids is 1. The third kappa shape index (κ3) is 3.94. The van der Waals surface area contributed by atoms with E-state index in [0.717, 1.165) is 12.8 Å². The van der Waals surface area contributed by atoms with Gasteiger partial charge < -0.3 is 14.6 Å². The van der Waals surface area contributed by atoms with Gasteiger partial charge in [-0.25, -0.2) is 4.79 Å². The lowest BCUT2D eigenvalue weighted by atomic mass is 9.73. The highest BCUT2D eigenvalue weighted by Gasteiger charge is 2.45. The van der Waals surface area contributed by atoms with E-state index in [1.54, 1.807) is 6.92 Å². The van der Waals surface area contributed by atoms with Gasteiger partial charge in [0.1, 0.15) is 5.76 Å². The van der Waals surface area contributed by atoms with Gasteiger partial charge in [-0.1, -0.05) is 0 Å². The van der Waals surface area contributed by atoms with Crippen LogP contribution in [0.4, 0.5) is 0 Å². The number of hydrogen-bond acceptors (Lipinski definition) is 4. The van der Waals surface area contributed by atoms with Crippen molar-refractivity contribution in [2.24, 2.45) is 5.92 Å². The van der Waals surface area contributed by atoms with E-state index in [2.05, 4.69) is 39.6 Å². The summed E-state index contributed by atoms with van der Waals surface area (Å²) in [6, 6.07) is 0. The Kier molecular flexibility index (Phi) is 5.90. The van der Waals surface area contributed by atoms with Gasteiger partial charge in [0.15, 0.2) is 0 Å². The highest BCUT2D eigenvalue weighted by molar-refractivity contribution is 5.85. The van der Waals surface area contributed by atoms with E-state index in [0.29, 0.717) is 19.0 Å². The van der Waals surface area contributed by atoms with Crippen molar-refractivity contribution >= 4 is 5.97 Å². The smallest absolute Gasteiger partial charge is 0.374 e. The van der Waals surface area contributed by atoms with Crippen LogP contribution in [0.15, 0.2) is 11.5 Å². The van der Waals surface area contributed by atoms with Gasteiger partial charge in [0.25, 0.3) is 0 Å². The molecule has 0 aliphatic carbocycles. The highest BCUT2D eigenvalue weighted by Crippen LogP contribution is 2.43. The van der Waals surface area contributed by atoms with Crippen molar-refractivity contribution < 1.29 is 19.4 Å². The summed E-state index contributed by atoms with van der Waals surface area (Å²) in [4.78, 5) is 13.9. The molecular weight excluding hydrogens is 282 g/mol. The molecule has 0 aromatic carbocycles. The summed E-state index contributed by atoms with van der Waals surface area (Å²) in [6.07, 6.45) is 1.68. The molecule has 22 heavy (non-hydrogen) atoms. The molecule has 1 aliphatic heterocycles. The number of carbonyl (C=O) groups is 1. The Labute approximate surface area is 134 Å². The quantitative estimate of drug-likeness (QED) is 0.602. The van der Waals surface area contributed by atoms with Crippen LogP contribution in [0, 0.1) is 5.92 Å². The number of piperidine rings is 1. The van der Waals surface area contributed by atoms with E-state index in [1.807, 2.05) is 6.92 Å². The first kappa shape index (κ1) is 18.8. The molecule has 1 N–H and O–H groups in total. The van der Waals surface area contributed by atoms with Gasteiger partial charge in [0.2, 0.25) is 5.76 Å². The second kappa shape index (κ2) is 6.90. The van der Waals surface area contributed by atoms with E-state index < -0.39 is 5.97 Å². The van der Waals surface area contributed by atoms with Crippen molar-refractivity contribution in [1.29, 1.82) is 0 Å². The summed E-state index contributed by atoms with van der Waals surface area (Å²) in [5, 5.41) is 9.47. The van der Waals surface area contributed by atoms with E-state index in [1.165, 1.54) is 0 Å². The van der Waals surface area contributed by atoms with Crippen molar-refractivity contribution in [3.63, 3.8) is 0 Å².